The summed E-state index contributed by atoms with van der Waals surface area (Å²) in [6, 6.07) is 1.92. The third-order valence-corrected chi connectivity index (χ3v) is 3.10. The van der Waals surface area contributed by atoms with E-state index in [9.17, 15) is 9.90 Å². The van der Waals surface area contributed by atoms with E-state index in [0.29, 0.717) is 13.0 Å². The lowest BCUT2D eigenvalue weighted by Gasteiger charge is -2.25. The molecule has 0 saturated heterocycles. The number of carboxylic acid groups (broad SMARTS) is 1. The standard InChI is InChI=1S/C12H17BrN2O2/c1-3-4-12(2,11(16)17)15-7-9-5-10(13)8-14-6-9/h5-6,8,15H,3-4,7H2,1-2H3,(H,16,17). The molecule has 1 unspecified atom stereocenters. The maximum absolute atomic E-state index is 11.2. The molecule has 1 heterocycles. The lowest BCUT2D eigenvalue weighted by Crippen LogP contribution is -2.48. The molecule has 4 nitrogen and oxygen atoms in total. The number of nitrogens with one attached hydrogen (secondary N) is 1. The summed E-state index contributed by atoms with van der Waals surface area (Å²) >= 11 is 3.34. The van der Waals surface area contributed by atoms with Gasteiger partial charge < -0.3 is 5.11 Å². The summed E-state index contributed by atoms with van der Waals surface area (Å²) in [5.41, 5.74) is 0.0832. The maximum Gasteiger partial charge on any atom is 0.323 e. The van der Waals surface area contributed by atoms with Crippen molar-refractivity contribution in [3.63, 3.8) is 0 Å². The molecular formula is C12H17BrN2O2. The first-order valence-corrected chi connectivity index (χ1v) is 6.35. The summed E-state index contributed by atoms with van der Waals surface area (Å²) in [4.78, 5) is 15.3. The van der Waals surface area contributed by atoms with Crippen LogP contribution in [-0.4, -0.2) is 21.6 Å². The number of rotatable bonds is 6. The molecule has 0 amide bonds. The van der Waals surface area contributed by atoms with Crippen molar-refractivity contribution in [1.82, 2.24) is 10.3 Å². The van der Waals surface area contributed by atoms with Crippen LogP contribution in [0.2, 0.25) is 0 Å². The van der Waals surface area contributed by atoms with Gasteiger partial charge in [-0.25, -0.2) is 0 Å². The predicted molar refractivity (Wildman–Crippen MR) is 69.7 cm³/mol. The number of aromatic nitrogens is 1. The van der Waals surface area contributed by atoms with Crippen LogP contribution in [0.3, 0.4) is 0 Å². The minimum atomic E-state index is -0.878. The van der Waals surface area contributed by atoms with Gasteiger partial charge in [-0.3, -0.25) is 15.1 Å². The smallest absolute Gasteiger partial charge is 0.323 e. The zero-order chi connectivity index (χ0) is 12.9. The van der Waals surface area contributed by atoms with E-state index < -0.39 is 11.5 Å². The van der Waals surface area contributed by atoms with Crippen molar-refractivity contribution in [1.29, 1.82) is 0 Å². The molecule has 0 fully saturated rings. The average Bonchev–Trinajstić information content (AvgIpc) is 2.27. The van der Waals surface area contributed by atoms with Crippen LogP contribution < -0.4 is 5.32 Å². The average molecular weight is 301 g/mol. The van der Waals surface area contributed by atoms with Crippen molar-refractivity contribution >= 4 is 21.9 Å². The Morgan fingerprint density at radius 1 is 1.59 bits per heavy atom. The van der Waals surface area contributed by atoms with Crippen LogP contribution in [0.5, 0.6) is 0 Å². The number of hydrogen-bond acceptors (Lipinski definition) is 3. The molecule has 5 heteroatoms. The molecule has 0 saturated carbocycles. The first-order chi connectivity index (χ1) is 7.98. The van der Waals surface area contributed by atoms with Gasteiger partial charge in [0.05, 0.1) is 0 Å². The minimum absolute atomic E-state index is 0.495. The van der Waals surface area contributed by atoms with Crippen molar-refractivity contribution in [2.24, 2.45) is 0 Å². The van der Waals surface area contributed by atoms with Gasteiger partial charge in [0.15, 0.2) is 0 Å². The fourth-order valence-electron chi connectivity index (χ4n) is 1.62. The van der Waals surface area contributed by atoms with Gasteiger partial charge >= 0.3 is 5.97 Å². The molecule has 1 aromatic heterocycles. The van der Waals surface area contributed by atoms with Gasteiger partial charge in [0.1, 0.15) is 5.54 Å². The first-order valence-electron chi connectivity index (χ1n) is 5.56. The van der Waals surface area contributed by atoms with Crippen molar-refractivity contribution in [2.45, 2.75) is 38.8 Å². The molecule has 0 aliphatic heterocycles. The second kappa shape index (κ2) is 6.12. The van der Waals surface area contributed by atoms with Crippen LogP contribution >= 0.6 is 15.9 Å². The van der Waals surface area contributed by atoms with E-state index in [0.717, 1.165) is 16.5 Å². The van der Waals surface area contributed by atoms with Crippen LogP contribution in [0.15, 0.2) is 22.9 Å². The van der Waals surface area contributed by atoms with E-state index in [1.54, 1.807) is 19.3 Å². The van der Waals surface area contributed by atoms with Crippen LogP contribution in [0, 0.1) is 0 Å². The molecule has 1 atom stereocenters. The highest BCUT2D eigenvalue weighted by Gasteiger charge is 2.31. The number of pyridine rings is 1. The Hall–Kier alpha value is -0.940. The van der Waals surface area contributed by atoms with E-state index in [4.69, 9.17) is 0 Å². The van der Waals surface area contributed by atoms with E-state index in [-0.39, 0.29) is 0 Å². The van der Waals surface area contributed by atoms with Crippen molar-refractivity contribution in [3.8, 4) is 0 Å². The summed E-state index contributed by atoms with van der Waals surface area (Å²) in [6.45, 7) is 4.18. The third kappa shape index (κ3) is 4.09. The Bertz CT molecular complexity index is 398. The summed E-state index contributed by atoms with van der Waals surface area (Å²) in [6.07, 6.45) is 4.86. The Morgan fingerprint density at radius 3 is 2.82 bits per heavy atom. The Morgan fingerprint density at radius 2 is 2.29 bits per heavy atom. The van der Waals surface area contributed by atoms with Gasteiger partial charge in [-0.15, -0.1) is 0 Å². The van der Waals surface area contributed by atoms with Crippen molar-refractivity contribution in [2.75, 3.05) is 0 Å². The molecule has 17 heavy (non-hydrogen) atoms. The van der Waals surface area contributed by atoms with E-state index >= 15 is 0 Å². The number of carbonyl (C=O) groups is 1. The highest BCUT2D eigenvalue weighted by molar-refractivity contribution is 9.10. The van der Waals surface area contributed by atoms with Gasteiger partial charge in [-0.05, 0) is 40.9 Å². The Labute approximate surface area is 110 Å². The topological polar surface area (TPSA) is 62.2 Å². The first kappa shape index (κ1) is 14.1. The van der Waals surface area contributed by atoms with E-state index in [1.807, 2.05) is 13.0 Å². The zero-order valence-corrected chi connectivity index (χ0v) is 11.6. The van der Waals surface area contributed by atoms with Gasteiger partial charge in [-0.1, -0.05) is 13.3 Å². The number of aliphatic carboxylic acids is 1. The van der Waals surface area contributed by atoms with Gasteiger partial charge in [0.25, 0.3) is 0 Å². The molecule has 94 valence electrons. The molecule has 2 N–H and O–H groups in total. The quantitative estimate of drug-likeness (QED) is 0.848. The summed E-state index contributed by atoms with van der Waals surface area (Å²) in [5.74, 6) is -0.817. The fourth-order valence-corrected chi connectivity index (χ4v) is 2.03. The van der Waals surface area contributed by atoms with Crippen LogP contribution in [-0.2, 0) is 11.3 Å². The Balaban J connectivity index is 2.67. The van der Waals surface area contributed by atoms with Crippen molar-refractivity contribution < 1.29 is 9.90 Å². The molecule has 0 spiro atoms. The Kier molecular flexibility index (Phi) is 5.08. The normalized spacial score (nSPS) is 14.3. The highest BCUT2D eigenvalue weighted by atomic mass is 79.9. The SMILES string of the molecule is CCCC(C)(NCc1cncc(Br)c1)C(=O)O. The van der Waals surface area contributed by atoms with Crippen LogP contribution in [0.4, 0.5) is 0 Å². The summed E-state index contributed by atoms with van der Waals surface area (Å²) in [5, 5.41) is 12.3. The maximum atomic E-state index is 11.2. The zero-order valence-electron chi connectivity index (χ0n) is 10.0. The summed E-state index contributed by atoms with van der Waals surface area (Å²) in [7, 11) is 0. The summed E-state index contributed by atoms with van der Waals surface area (Å²) < 4.78 is 0.893. The van der Waals surface area contributed by atoms with E-state index in [2.05, 4.69) is 26.2 Å². The highest BCUT2D eigenvalue weighted by Crippen LogP contribution is 2.15. The van der Waals surface area contributed by atoms with Crippen LogP contribution in [0.1, 0.15) is 32.3 Å². The largest absolute Gasteiger partial charge is 0.480 e. The lowest BCUT2D eigenvalue weighted by molar-refractivity contribution is -0.144. The molecule has 1 aromatic rings. The number of nitrogens with zero attached hydrogens (tertiary/aromatic N) is 1. The third-order valence-electron chi connectivity index (χ3n) is 2.67. The molecule has 0 radical (unpaired) electrons. The van der Waals surface area contributed by atoms with E-state index in [1.165, 1.54) is 0 Å². The fraction of sp³-hybridized carbons (Fsp3) is 0.500. The van der Waals surface area contributed by atoms with Gasteiger partial charge in [0, 0.05) is 23.4 Å². The lowest BCUT2D eigenvalue weighted by atomic mass is 9.96. The minimum Gasteiger partial charge on any atom is -0.480 e. The second-order valence-electron chi connectivity index (χ2n) is 4.25. The molecule has 0 aliphatic rings. The molecule has 1 rings (SSSR count). The second-order valence-corrected chi connectivity index (χ2v) is 5.17. The molecule has 0 bridgehead atoms. The monoisotopic (exact) mass is 300 g/mol. The molecular weight excluding hydrogens is 284 g/mol. The molecule has 0 aliphatic carbocycles. The molecule has 0 aromatic carbocycles. The predicted octanol–water partition coefficient (Wildman–Crippen LogP) is 2.58. The number of carboxylic acids is 1. The van der Waals surface area contributed by atoms with Gasteiger partial charge in [0.2, 0.25) is 0 Å². The number of hydrogen-bond donors (Lipinski definition) is 2. The van der Waals surface area contributed by atoms with Crippen molar-refractivity contribution in [3.05, 3.63) is 28.5 Å². The van der Waals surface area contributed by atoms with Gasteiger partial charge in [-0.2, -0.15) is 0 Å². The van der Waals surface area contributed by atoms with Crippen LogP contribution in [0.25, 0.3) is 0 Å². The number of halogens is 1.